The quantitative estimate of drug-likeness (QED) is 0.757. The van der Waals surface area contributed by atoms with Crippen molar-refractivity contribution in [1.82, 2.24) is 5.32 Å². The van der Waals surface area contributed by atoms with Crippen LogP contribution in [0.2, 0.25) is 5.02 Å². The zero-order valence-corrected chi connectivity index (χ0v) is 14.0. The van der Waals surface area contributed by atoms with E-state index in [1.54, 1.807) is 24.3 Å². The smallest absolute Gasteiger partial charge is 0.164 e. The molecule has 0 aromatic heterocycles. The van der Waals surface area contributed by atoms with Gasteiger partial charge in [-0.3, -0.25) is 0 Å². The summed E-state index contributed by atoms with van der Waals surface area (Å²) in [5, 5.41) is 3.65. The fourth-order valence-corrected chi connectivity index (χ4v) is 2.84. The van der Waals surface area contributed by atoms with Gasteiger partial charge in [-0.25, -0.2) is 8.78 Å². The number of hydrogen-bond donors (Lipinski definition) is 1. The molecule has 0 radical (unpaired) electrons. The van der Waals surface area contributed by atoms with Crippen molar-refractivity contribution in [3.05, 3.63) is 68.2 Å². The third kappa shape index (κ3) is 3.28. The molecule has 1 N–H and O–H groups in total. The predicted molar refractivity (Wildman–Crippen MR) is 85.8 cm³/mol. The Hall–Kier alpha value is -0.970. The van der Waals surface area contributed by atoms with Crippen LogP contribution in [0.25, 0.3) is 0 Å². The van der Waals surface area contributed by atoms with Crippen molar-refractivity contribution in [1.29, 1.82) is 0 Å². The van der Waals surface area contributed by atoms with Crippen LogP contribution in [0.15, 0.2) is 34.8 Å². The highest BCUT2D eigenvalue weighted by atomic mass is 79.9. The molecule has 0 saturated carbocycles. The van der Waals surface area contributed by atoms with Crippen LogP contribution in [0.3, 0.4) is 0 Å². The van der Waals surface area contributed by atoms with Crippen LogP contribution < -0.4 is 5.32 Å². The molecule has 112 valence electrons. The fraction of sp³-hybridized carbons (Fsp3) is 0.250. The van der Waals surface area contributed by atoms with Crippen LogP contribution in [-0.2, 0) is 0 Å². The summed E-state index contributed by atoms with van der Waals surface area (Å²) in [7, 11) is 0. The first-order valence-electron chi connectivity index (χ1n) is 6.59. The van der Waals surface area contributed by atoms with E-state index in [2.05, 4.69) is 21.2 Å². The third-order valence-corrected chi connectivity index (χ3v) is 4.63. The van der Waals surface area contributed by atoms with Crippen LogP contribution >= 0.6 is 27.5 Å². The van der Waals surface area contributed by atoms with Gasteiger partial charge in [-0.15, -0.1) is 0 Å². The SMILES string of the molecule is CCNC(c1ccc(C)c(F)c1F)c1cccc(Br)c1Cl. The Kier molecular flexibility index (Phi) is 5.36. The lowest BCUT2D eigenvalue weighted by molar-refractivity contribution is 0.478. The van der Waals surface area contributed by atoms with Gasteiger partial charge in [0.05, 0.1) is 11.1 Å². The predicted octanol–water partition coefficient (Wildman–Crippen LogP) is 5.39. The number of nitrogens with one attached hydrogen (secondary N) is 1. The fourth-order valence-electron chi connectivity index (χ4n) is 2.22. The van der Waals surface area contributed by atoms with E-state index in [1.165, 1.54) is 6.92 Å². The topological polar surface area (TPSA) is 12.0 Å². The Morgan fingerprint density at radius 3 is 2.52 bits per heavy atom. The second-order valence-electron chi connectivity index (χ2n) is 4.73. The standard InChI is InChI=1S/C16H15BrClF2N/c1-3-21-16(10-5-4-6-12(17)13(10)18)11-8-7-9(2)14(19)15(11)20/h4-8,16,21H,3H2,1-2H3. The van der Waals surface area contributed by atoms with Gasteiger partial charge in [-0.2, -0.15) is 0 Å². The van der Waals surface area contributed by atoms with Gasteiger partial charge in [0.25, 0.3) is 0 Å². The van der Waals surface area contributed by atoms with E-state index in [9.17, 15) is 8.78 Å². The molecule has 2 rings (SSSR count). The molecule has 0 bridgehead atoms. The summed E-state index contributed by atoms with van der Waals surface area (Å²) in [5.41, 5.74) is 1.24. The third-order valence-electron chi connectivity index (χ3n) is 3.32. The first kappa shape index (κ1) is 16.4. The molecule has 0 spiro atoms. The van der Waals surface area contributed by atoms with Crippen LogP contribution in [-0.4, -0.2) is 6.54 Å². The average Bonchev–Trinajstić information content (AvgIpc) is 2.46. The molecule has 1 unspecified atom stereocenters. The summed E-state index contributed by atoms with van der Waals surface area (Å²) in [4.78, 5) is 0. The van der Waals surface area contributed by atoms with Gasteiger partial charge in [0.2, 0.25) is 0 Å². The molecule has 1 nitrogen and oxygen atoms in total. The Morgan fingerprint density at radius 1 is 1.14 bits per heavy atom. The molecule has 0 aliphatic heterocycles. The highest BCUT2D eigenvalue weighted by Gasteiger charge is 2.23. The van der Waals surface area contributed by atoms with Gasteiger partial charge in [0, 0.05) is 10.0 Å². The van der Waals surface area contributed by atoms with Crippen LogP contribution in [0, 0.1) is 18.6 Å². The minimum absolute atomic E-state index is 0.250. The zero-order chi connectivity index (χ0) is 15.6. The molecule has 0 heterocycles. The molecule has 0 aliphatic carbocycles. The summed E-state index contributed by atoms with van der Waals surface area (Å²) in [6, 6.07) is 8.09. The summed E-state index contributed by atoms with van der Waals surface area (Å²) >= 11 is 9.65. The van der Waals surface area contributed by atoms with Crippen molar-refractivity contribution in [2.75, 3.05) is 6.54 Å². The maximum absolute atomic E-state index is 14.3. The average molecular weight is 375 g/mol. The molecule has 0 saturated heterocycles. The zero-order valence-electron chi connectivity index (χ0n) is 11.7. The van der Waals surface area contributed by atoms with Gasteiger partial charge < -0.3 is 5.32 Å². The first-order valence-corrected chi connectivity index (χ1v) is 7.76. The molecule has 1 atom stereocenters. The molecule has 5 heteroatoms. The Labute approximate surface area is 136 Å². The molecular weight excluding hydrogens is 360 g/mol. The van der Waals surface area contributed by atoms with Gasteiger partial charge in [0.15, 0.2) is 11.6 Å². The summed E-state index contributed by atoms with van der Waals surface area (Å²) < 4.78 is 28.8. The number of aryl methyl sites for hydroxylation is 1. The molecular formula is C16H15BrClF2N. The van der Waals surface area contributed by atoms with E-state index in [0.717, 1.165) is 4.47 Å². The van der Waals surface area contributed by atoms with Crippen molar-refractivity contribution < 1.29 is 8.78 Å². The maximum atomic E-state index is 14.3. The number of hydrogen-bond acceptors (Lipinski definition) is 1. The molecule has 2 aromatic rings. The van der Waals surface area contributed by atoms with Crippen molar-refractivity contribution in [2.24, 2.45) is 0 Å². The number of rotatable bonds is 4. The van der Waals surface area contributed by atoms with E-state index >= 15 is 0 Å². The summed E-state index contributed by atoms with van der Waals surface area (Å²) in [6.45, 7) is 4.04. The van der Waals surface area contributed by atoms with E-state index in [0.29, 0.717) is 17.1 Å². The monoisotopic (exact) mass is 373 g/mol. The number of halogens is 4. The Morgan fingerprint density at radius 2 is 1.86 bits per heavy atom. The molecule has 21 heavy (non-hydrogen) atoms. The van der Waals surface area contributed by atoms with E-state index in [-0.39, 0.29) is 11.1 Å². The maximum Gasteiger partial charge on any atom is 0.164 e. The van der Waals surface area contributed by atoms with Crippen molar-refractivity contribution in [3.8, 4) is 0 Å². The lowest BCUT2D eigenvalue weighted by Crippen LogP contribution is -2.24. The Balaban J connectivity index is 2.59. The van der Waals surface area contributed by atoms with Crippen LogP contribution in [0.4, 0.5) is 8.78 Å². The summed E-state index contributed by atoms with van der Waals surface area (Å²) in [5.74, 6) is -1.65. The van der Waals surface area contributed by atoms with Gasteiger partial charge in [0.1, 0.15) is 0 Å². The molecule has 0 aliphatic rings. The van der Waals surface area contributed by atoms with Crippen molar-refractivity contribution >= 4 is 27.5 Å². The minimum atomic E-state index is -0.836. The number of benzene rings is 2. The van der Waals surface area contributed by atoms with Crippen LogP contribution in [0.5, 0.6) is 0 Å². The molecule has 0 amide bonds. The lowest BCUT2D eigenvalue weighted by atomic mass is 9.96. The second-order valence-corrected chi connectivity index (χ2v) is 5.97. The highest BCUT2D eigenvalue weighted by Crippen LogP contribution is 2.35. The lowest BCUT2D eigenvalue weighted by Gasteiger charge is -2.21. The largest absolute Gasteiger partial charge is 0.306 e. The van der Waals surface area contributed by atoms with Crippen molar-refractivity contribution in [3.63, 3.8) is 0 Å². The second kappa shape index (κ2) is 6.86. The van der Waals surface area contributed by atoms with Gasteiger partial charge in [-0.1, -0.05) is 42.8 Å². The molecule has 2 aromatic carbocycles. The van der Waals surface area contributed by atoms with Gasteiger partial charge >= 0.3 is 0 Å². The van der Waals surface area contributed by atoms with E-state index in [1.807, 2.05) is 13.0 Å². The normalized spacial score (nSPS) is 12.5. The van der Waals surface area contributed by atoms with E-state index < -0.39 is 17.7 Å². The van der Waals surface area contributed by atoms with E-state index in [4.69, 9.17) is 11.6 Å². The van der Waals surface area contributed by atoms with Crippen molar-refractivity contribution in [2.45, 2.75) is 19.9 Å². The molecule has 0 fully saturated rings. The first-order chi connectivity index (χ1) is 9.97. The Bertz CT molecular complexity index is 661. The highest BCUT2D eigenvalue weighted by molar-refractivity contribution is 9.10. The summed E-state index contributed by atoms with van der Waals surface area (Å²) in [6.07, 6.45) is 0. The van der Waals surface area contributed by atoms with Gasteiger partial charge in [-0.05, 0) is 46.6 Å². The minimum Gasteiger partial charge on any atom is -0.306 e. The van der Waals surface area contributed by atoms with Crippen LogP contribution in [0.1, 0.15) is 29.7 Å².